The van der Waals surface area contributed by atoms with Gasteiger partial charge in [0.2, 0.25) is 6.29 Å². The average molecular weight is 292 g/mol. The molecule has 2 heterocycles. The van der Waals surface area contributed by atoms with Gasteiger partial charge in [0.05, 0.1) is 31.5 Å². The van der Waals surface area contributed by atoms with Crippen LogP contribution in [-0.2, 0) is 14.2 Å². The number of hydrogen-bond donors (Lipinski definition) is 3. The molecule has 2 rings (SSSR count). The van der Waals surface area contributed by atoms with Crippen molar-refractivity contribution in [2.24, 2.45) is 5.73 Å². The van der Waals surface area contributed by atoms with Crippen molar-refractivity contribution in [2.75, 3.05) is 19.8 Å². The van der Waals surface area contributed by atoms with E-state index in [0.717, 1.165) is 0 Å². The highest BCUT2D eigenvalue weighted by Gasteiger charge is 2.47. The van der Waals surface area contributed by atoms with Gasteiger partial charge >= 0.3 is 0 Å². The summed E-state index contributed by atoms with van der Waals surface area (Å²) in [6, 6.07) is -1.36. The van der Waals surface area contributed by atoms with Gasteiger partial charge in [0.25, 0.3) is 6.04 Å². The van der Waals surface area contributed by atoms with Crippen molar-refractivity contribution in [1.82, 2.24) is 0 Å². The van der Waals surface area contributed by atoms with Crippen LogP contribution in [-0.4, -0.2) is 71.6 Å². The van der Waals surface area contributed by atoms with E-state index >= 15 is 0 Å². The van der Waals surface area contributed by atoms with Crippen LogP contribution in [0.3, 0.4) is 0 Å². The van der Waals surface area contributed by atoms with Crippen molar-refractivity contribution in [3.8, 4) is 0 Å². The topological polar surface area (TPSA) is 137 Å². The maximum Gasteiger partial charge on any atom is 0.288 e. The molecule has 2 aliphatic heterocycles. The van der Waals surface area contributed by atoms with Crippen LogP contribution in [0.4, 0.5) is 0 Å². The molecule has 0 radical (unpaired) electrons. The van der Waals surface area contributed by atoms with Crippen LogP contribution in [0.1, 0.15) is 12.8 Å². The van der Waals surface area contributed by atoms with Gasteiger partial charge in [0.1, 0.15) is 6.10 Å². The van der Waals surface area contributed by atoms with Gasteiger partial charge in [0.15, 0.2) is 0 Å². The zero-order valence-electron chi connectivity index (χ0n) is 11.0. The molecule has 1 unspecified atom stereocenters. The van der Waals surface area contributed by atoms with Crippen molar-refractivity contribution in [3.05, 3.63) is 10.1 Å². The van der Waals surface area contributed by atoms with Crippen molar-refractivity contribution in [1.29, 1.82) is 0 Å². The minimum Gasteiger partial charge on any atom is -0.391 e. The highest BCUT2D eigenvalue weighted by molar-refractivity contribution is 4.83. The second-order valence-corrected chi connectivity index (χ2v) is 5.13. The number of aliphatic hydroxyl groups excluding tert-OH is 2. The highest BCUT2D eigenvalue weighted by atomic mass is 16.7. The molecule has 0 aromatic heterocycles. The van der Waals surface area contributed by atoms with Gasteiger partial charge in [-0.3, -0.25) is 10.1 Å². The molecule has 6 atom stereocenters. The van der Waals surface area contributed by atoms with Crippen molar-refractivity contribution in [3.63, 3.8) is 0 Å². The summed E-state index contributed by atoms with van der Waals surface area (Å²) < 4.78 is 16.1. The van der Waals surface area contributed by atoms with E-state index in [9.17, 15) is 20.3 Å². The lowest BCUT2D eigenvalue weighted by Crippen LogP contribution is -2.56. The molecule has 4 N–H and O–H groups in total. The fraction of sp³-hybridized carbons (Fsp3) is 1.00. The van der Waals surface area contributed by atoms with E-state index in [1.165, 1.54) is 0 Å². The first-order chi connectivity index (χ1) is 9.51. The molecule has 0 spiro atoms. The van der Waals surface area contributed by atoms with E-state index in [1.54, 1.807) is 0 Å². The van der Waals surface area contributed by atoms with Crippen LogP contribution in [0.5, 0.6) is 0 Å². The van der Waals surface area contributed by atoms with Gasteiger partial charge in [-0.1, -0.05) is 0 Å². The monoisotopic (exact) mass is 292 g/mol. The molecule has 0 aliphatic carbocycles. The Balaban J connectivity index is 2.02. The Morgan fingerprint density at radius 1 is 1.35 bits per heavy atom. The van der Waals surface area contributed by atoms with Crippen LogP contribution in [0.2, 0.25) is 0 Å². The van der Waals surface area contributed by atoms with Gasteiger partial charge in [-0.2, -0.15) is 0 Å². The second kappa shape index (κ2) is 6.74. The summed E-state index contributed by atoms with van der Waals surface area (Å²) in [6.45, 7) is 0.591. The Bertz CT molecular complexity index is 343. The zero-order chi connectivity index (χ0) is 14.7. The Morgan fingerprint density at radius 2 is 2.10 bits per heavy atom. The van der Waals surface area contributed by atoms with Crippen molar-refractivity contribution >= 4 is 0 Å². The van der Waals surface area contributed by atoms with E-state index in [0.29, 0.717) is 6.42 Å². The SMILES string of the molecule is NCC1C[C@@H](O)[C@H]([N+](=O)[O-])[C@@H](O[C@H]2COC[C@@H](O)C2)O1. The minimum absolute atomic E-state index is 0.103. The summed E-state index contributed by atoms with van der Waals surface area (Å²) in [5.74, 6) is 0. The molecule has 0 saturated carbocycles. The highest BCUT2D eigenvalue weighted by Crippen LogP contribution is 2.25. The van der Waals surface area contributed by atoms with Crippen LogP contribution in [0.25, 0.3) is 0 Å². The van der Waals surface area contributed by atoms with Gasteiger partial charge in [-0.15, -0.1) is 0 Å². The fourth-order valence-electron chi connectivity index (χ4n) is 2.48. The largest absolute Gasteiger partial charge is 0.391 e. The third-order valence-electron chi connectivity index (χ3n) is 3.49. The minimum atomic E-state index is -1.36. The molecule has 0 aromatic carbocycles. The summed E-state index contributed by atoms with van der Waals surface area (Å²) in [6.07, 6.45) is -3.61. The standard InChI is InChI=1S/C11H20N2O7/c12-3-7-2-9(15)10(13(16)17)11(19-7)20-8-1-6(14)4-18-5-8/h6-11,14-15H,1-5,12H2/t6-,7?,8+,9+,10-,11+/m0/s1. The lowest BCUT2D eigenvalue weighted by atomic mass is 10.0. The molecule has 2 saturated heterocycles. The van der Waals surface area contributed by atoms with Crippen LogP contribution >= 0.6 is 0 Å². The number of ether oxygens (including phenoxy) is 3. The third-order valence-corrected chi connectivity index (χ3v) is 3.49. The van der Waals surface area contributed by atoms with E-state index in [2.05, 4.69) is 0 Å². The molecular weight excluding hydrogens is 272 g/mol. The number of nitrogens with zero attached hydrogens (tertiary/aromatic N) is 1. The quantitative estimate of drug-likeness (QED) is 0.409. The predicted molar refractivity (Wildman–Crippen MR) is 65.4 cm³/mol. The Hall–Kier alpha value is -0.840. The van der Waals surface area contributed by atoms with Crippen molar-refractivity contribution < 1.29 is 29.3 Å². The van der Waals surface area contributed by atoms with Crippen LogP contribution < -0.4 is 5.73 Å². The molecule has 0 amide bonds. The van der Waals surface area contributed by atoms with E-state index in [4.69, 9.17) is 19.9 Å². The fourth-order valence-corrected chi connectivity index (χ4v) is 2.48. The van der Waals surface area contributed by atoms with Gasteiger partial charge in [-0.25, -0.2) is 0 Å². The molecule has 9 heteroatoms. The van der Waals surface area contributed by atoms with Crippen molar-refractivity contribution in [2.45, 2.75) is 49.6 Å². The first kappa shape index (κ1) is 15.5. The number of aliphatic hydroxyl groups is 2. The maximum absolute atomic E-state index is 11.0. The molecule has 2 fully saturated rings. The average Bonchev–Trinajstić information content (AvgIpc) is 2.37. The lowest BCUT2D eigenvalue weighted by molar-refractivity contribution is -0.571. The van der Waals surface area contributed by atoms with Crippen LogP contribution in [0, 0.1) is 10.1 Å². The van der Waals surface area contributed by atoms with E-state index < -0.39 is 41.7 Å². The van der Waals surface area contributed by atoms with Gasteiger partial charge in [0, 0.05) is 24.3 Å². The maximum atomic E-state index is 11.0. The van der Waals surface area contributed by atoms with E-state index in [1.807, 2.05) is 0 Å². The van der Waals surface area contributed by atoms with Gasteiger partial charge in [-0.05, 0) is 0 Å². The molecule has 9 nitrogen and oxygen atoms in total. The molecular formula is C11H20N2O7. The molecule has 0 bridgehead atoms. The number of nitrogens with two attached hydrogens (primary N) is 1. The predicted octanol–water partition coefficient (Wildman–Crippen LogP) is -1.77. The summed E-state index contributed by atoms with van der Waals surface area (Å²) in [5.41, 5.74) is 5.48. The van der Waals surface area contributed by atoms with Gasteiger partial charge < -0.3 is 30.2 Å². The number of hydrogen-bond acceptors (Lipinski definition) is 8. The first-order valence-corrected chi connectivity index (χ1v) is 6.59. The number of rotatable bonds is 4. The summed E-state index contributed by atoms with van der Waals surface area (Å²) in [7, 11) is 0. The Labute approximate surface area is 115 Å². The second-order valence-electron chi connectivity index (χ2n) is 5.13. The molecule has 20 heavy (non-hydrogen) atoms. The smallest absolute Gasteiger partial charge is 0.288 e. The Kier molecular flexibility index (Phi) is 5.24. The first-order valence-electron chi connectivity index (χ1n) is 6.59. The number of nitro groups is 1. The third kappa shape index (κ3) is 3.62. The molecule has 0 aromatic rings. The van der Waals surface area contributed by atoms with E-state index in [-0.39, 0.29) is 26.2 Å². The normalized spacial score (nSPS) is 42.4. The van der Waals surface area contributed by atoms with Crippen LogP contribution in [0.15, 0.2) is 0 Å². The lowest BCUT2D eigenvalue weighted by Gasteiger charge is -2.37. The molecule has 2 aliphatic rings. The summed E-state index contributed by atoms with van der Waals surface area (Å²) in [4.78, 5) is 10.4. The molecule has 116 valence electrons. The summed E-state index contributed by atoms with van der Waals surface area (Å²) >= 11 is 0. The Morgan fingerprint density at radius 3 is 2.70 bits per heavy atom. The zero-order valence-corrected chi connectivity index (χ0v) is 11.0. The summed E-state index contributed by atoms with van der Waals surface area (Å²) in [5, 5.41) is 30.4.